The number of nitrogens with one attached hydrogen (secondary N) is 2. The molecule has 2 aliphatic rings. The second kappa shape index (κ2) is 5.59. The van der Waals surface area contributed by atoms with Crippen LogP contribution in [0.25, 0.3) is 0 Å². The quantitative estimate of drug-likeness (QED) is 0.749. The lowest BCUT2D eigenvalue weighted by molar-refractivity contribution is 0.214. The zero-order chi connectivity index (χ0) is 14.9. The minimum Gasteiger partial charge on any atom is -0.394 e. The van der Waals surface area contributed by atoms with E-state index in [9.17, 15) is 13.5 Å². The third-order valence-electron chi connectivity index (χ3n) is 4.34. The van der Waals surface area contributed by atoms with Gasteiger partial charge in [0.15, 0.2) is 0 Å². The fourth-order valence-corrected chi connectivity index (χ4v) is 4.42. The molecule has 2 saturated carbocycles. The van der Waals surface area contributed by atoms with E-state index in [4.69, 9.17) is 0 Å². The molecule has 6 heteroatoms. The Balaban J connectivity index is 1.88. The summed E-state index contributed by atoms with van der Waals surface area (Å²) in [7, 11) is -3.50. The van der Waals surface area contributed by atoms with Gasteiger partial charge in [0, 0.05) is 6.04 Å². The molecule has 0 aromatic heterocycles. The normalized spacial score (nSPS) is 21.4. The predicted octanol–water partition coefficient (Wildman–Crippen LogP) is 1.84. The van der Waals surface area contributed by atoms with Gasteiger partial charge in [-0.3, -0.25) is 0 Å². The number of aliphatic hydroxyl groups excluding tert-OH is 1. The van der Waals surface area contributed by atoms with E-state index < -0.39 is 10.0 Å². The summed E-state index contributed by atoms with van der Waals surface area (Å²) in [5.74, 6) is 0. The van der Waals surface area contributed by atoms with E-state index in [2.05, 4.69) is 10.0 Å². The summed E-state index contributed by atoms with van der Waals surface area (Å²) >= 11 is 0. The van der Waals surface area contributed by atoms with Gasteiger partial charge in [-0.25, -0.2) is 13.1 Å². The van der Waals surface area contributed by atoms with Gasteiger partial charge < -0.3 is 10.4 Å². The van der Waals surface area contributed by atoms with Gasteiger partial charge in [-0.2, -0.15) is 0 Å². The molecule has 0 aliphatic heterocycles. The number of sulfonamides is 1. The van der Waals surface area contributed by atoms with Crippen LogP contribution in [-0.2, 0) is 10.0 Å². The zero-order valence-corrected chi connectivity index (χ0v) is 12.8. The molecule has 0 saturated heterocycles. The van der Waals surface area contributed by atoms with Gasteiger partial charge in [-0.15, -0.1) is 0 Å². The highest BCUT2D eigenvalue weighted by molar-refractivity contribution is 7.89. The Morgan fingerprint density at radius 3 is 2.48 bits per heavy atom. The maximum Gasteiger partial charge on any atom is 0.242 e. The van der Waals surface area contributed by atoms with Crippen molar-refractivity contribution in [3.8, 4) is 0 Å². The average Bonchev–Trinajstić information content (AvgIpc) is 3.14. The van der Waals surface area contributed by atoms with E-state index >= 15 is 0 Å². The Bertz CT molecular complexity index is 605. The van der Waals surface area contributed by atoms with Crippen LogP contribution < -0.4 is 10.0 Å². The number of hydrogen-bond acceptors (Lipinski definition) is 4. The van der Waals surface area contributed by atoms with E-state index in [1.54, 1.807) is 18.2 Å². The Labute approximate surface area is 125 Å². The standard InChI is InChI=1S/C15H22N2O3S/c18-11-15(9-3-4-10-15)16-13-5-1-2-6-14(13)21(19,20)17-12-7-8-12/h1-2,5-6,12,16-18H,3-4,7-11H2. The highest BCUT2D eigenvalue weighted by Crippen LogP contribution is 2.35. The first-order valence-electron chi connectivity index (χ1n) is 7.55. The average molecular weight is 310 g/mol. The molecule has 0 radical (unpaired) electrons. The second-order valence-corrected chi connectivity index (χ2v) is 7.84. The molecule has 0 bridgehead atoms. The third-order valence-corrected chi connectivity index (χ3v) is 5.92. The molecule has 0 spiro atoms. The molecule has 116 valence electrons. The molecule has 3 rings (SSSR count). The lowest BCUT2D eigenvalue weighted by atomic mass is 9.98. The number of rotatable bonds is 6. The number of para-hydroxylation sites is 1. The number of benzene rings is 1. The molecular formula is C15H22N2O3S. The summed E-state index contributed by atoms with van der Waals surface area (Å²) in [5, 5.41) is 13.0. The first-order chi connectivity index (χ1) is 10.0. The fourth-order valence-electron chi connectivity index (χ4n) is 2.95. The molecule has 3 N–H and O–H groups in total. The van der Waals surface area contributed by atoms with Crippen LogP contribution in [0.5, 0.6) is 0 Å². The van der Waals surface area contributed by atoms with Crippen LogP contribution in [0.2, 0.25) is 0 Å². The Kier molecular flexibility index (Phi) is 3.94. The Morgan fingerprint density at radius 2 is 1.86 bits per heavy atom. The molecular weight excluding hydrogens is 288 g/mol. The molecule has 2 fully saturated rings. The van der Waals surface area contributed by atoms with Crippen molar-refractivity contribution in [1.82, 2.24) is 4.72 Å². The third kappa shape index (κ3) is 3.22. The number of anilines is 1. The van der Waals surface area contributed by atoms with E-state index in [0.29, 0.717) is 5.69 Å². The first kappa shape index (κ1) is 14.8. The van der Waals surface area contributed by atoms with Crippen molar-refractivity contribution in [3.63, 3.8) is 0 Å². The smallest absolute Gasteiger partial charge is 0.242 e. The summed E-state index contributed by atoms with van der Waals surface area (Å²) in [4.78, 5) is 0.275. The maximum atomic E-state index is 12.5. The minimum atomic E-state index is -3.50. The molecule has 0 heterocycles. The van der Waals surface area contributed by atoms with Crippen LogP contribution in [0.4, 0.5) is 5.69 Å². The summed E-state index contributed by atoms with van der Waals surface area (Å²) in [6, 6.07) is 7.02. The molecule has 1 aromatic rings. The van der Waals surface area contributed by atoms with Crippen molar-refractivity contribution >= 4 is 15.7 Å². The van der Waals surface area contributed by atoms with E-state index in [-0.39, 0.29) is 23.1 Å². The summed E-state index contributed by atoms with van der Waals surface area (Å²) in [6.45, 7) is 0.0252. The first-order valence-corrected chi connectivity index (χ1v) is 9.03. The Hall–Kier alpha value is -1.11. The van der Waals surface area contributed by atoms with Crippen molar-refractivity contribution in [3.05, 3.63) is 24.3 Å². The molecule has 2 aliphatic carbocycles. The van der Waals surface area contributed by atoms with Crippen LogP contribution in [0.15, 0.2) is 29.2 Å². The Morgan fingerprint density at radius 1 is 1.19 bits per heavy atom. The minimum absolute atomic E-state index is 0.0252. The topological polar surface area (TPSA) is 78.4 Å². The monoisotopic (exact) mass is 310 g/mol. The van der Waals surface area contributed by atoms with E-state index in [1.807, 2.05) is 6.07 Å². The van der Waals surface area contributed by atoms with Crippen LogP contribution in [0.3, 0.4) is 0 Å². The van der Waals surface area contributed by atoms with Gasteiger partial charge in [-0.1, -0.05) is 25.0 Å². The fraction of sp³-hybridized carbons (Fsp3) is 0.600. The molecule has 5 nitrogen and oxygen atoms in total. The van der Waals surface area contributed by atoms with Gasteiger partial charge >= 0.3 is 0 Å². The zero-order valence-electron chi connectivity index (χ0n) is 12.0. The van der Waals surface area contributed by atoms with Crippen LogP contribution >= 0.6 is 0 Å². The summed E-state index contributed by atoms with van der Waals surface area (Å²) in [6.07, 6.45) is 5.68. The number of aliphatic hydroxyl groups is 1. The van der Waals surface area contributed by atoms with Crippen LogP contribution in [-0.4, -0.2) is 31.7 Å². The molecule has 0 amide bonds. The molecule has 0 atom stereocenters. The summed E-state index contributed by atoms with van der Waals surface area (Å²) < 4.78 is 27.6. The molecule has 1 aromatic carbocycles. The van der Waals surface area contributed by atoms with Gasteiger partial charge in [0.1, 0.15) is 4.90 Å². The maximum absolute atomic E-state index is 12.5. The van der Waals surface area contributed by atoms with Gasteiger partial charge in [0.25, 0.3) is 0 Å². The van der Waals surface area contributed by atoms with Crippen molar-refractivity contribution < 1.29 is 13.5 Å². The second-order valence-electron chi connectivity index (χ2n) is 6.16. The van der Waals surface area contributed by atoms with Crippen molar-refractivity contribution in [1.29, 1.82) is 0 Å². The summed E-state index contributed by atoms with van der Waals surface area (Å²) in [5.41, 5.74) is 0.201. The van der Waals surface area contributed by atoms with Crippen molar-refractivity contribution in [2.24, 2.45) is 0 Å². The van der Waals surface area contributed by atoms with Crippen molar-refractivity contribution in [2.75, 3.05) is 11.9 Å². The van der Waals surface area contributed by atoms with Gasteiger partial charge in [0.05, 0.1) is 17.8 Å². The van der Waals surface area contributed by atoms with E-state index in [0.717, 1.165) is 38.5 Å². The SMILES string of the molecule is O=S(=O)(NC1CC1)c1ccccc1NC1(CO)CCCC1. The van der Waals surface area contributed by atoms with Crippen LogP contribution in [0.1, 0.15) is 38.5 Å². The largest absolute Gasteiger partial charge is 0.394 e. The molecule has 0 unspecified atom stereocenters. The van der Waals surface area contributed by atoms with E-state index in [1.165, 1.54) is 0 Å². The highest BCUT2D eigenvalue weighted by Gasteiger charge is 2.35. The van der Waals surface area contributed by atoms with Gasteiger partial charge in [0.2, 0.25) is 10.0 Å². The van der Waals surface area contributed by atoms with Crippen LogP contribution in [0, 0.1) is 0 Å². The van der Waals surface area contributed by atoms with Gasteiger partial charge in [-0.05, 0) is 37.8 Å². The lowest BCUT2D eigenvalue weighted by Gasteiger charge is -2.30. The molecule has 21 heavy (non-hydrogen) atoms. The highest BCUT2D eigenvalue weighted by atomic mass is 32.2. The lowest BCUT2D eigenvalue weighted by Crippen LogP contribution is -2.39. The number of hydrogen-bond donors (Lipinski definition) is 3. The van der Waals surface area contributed by atoms with Crippen molar-refractivity contribution in [2.45, 2.75) is 55.0 Å². The predicted molar refractivity (Wildman–Crippen MR) is 81.7 cm³/mol.